The molecule has 0 aliphatic carbocycles. The maximum atomic E-state index is 13.2. The highest BCUT2D eigenvalue weighted by Crippen LogP contribution is 2.49. The number of amides is 1. The van der Waals surface area contributed by atoms with Crippen LogP contribution in [-0.4, -0.2) is 36.5 Å². The van der Waals surface area contributed by atoms with Gasteiger partial charge in [0.15, 0.2) is 0 Å². The van der Waals surface area contributed by atoms with Gasteiger partial charge in [-0.2, -0.15) is 0 Å². The van der Waals surface area contributed by atoms with Crippen molar-refractivity contribution in [3.63, 3.8) is 0 Å². The smallest absolute Gasteiger partial charge is 0.253 e. The van der Waals surface area contributed by atoms with Crippen molar-refractivity contribution >= 4 is 17.3 Å². The molecule has 1 amide bonds. The summed E-state index contributed by atoms with van der Waals surface area (Å²) in [6.07, 6.45) is 2.04. The summed E-state index contributed by atoms with van der Waals surface area (Å²) in [5.41, 5.74) is 4.75. The molecule has 1 saturated heterocycles. The molecule has 1 spiro atoms. The fourth-order valence-electron chi connectivity index (χ4n) is 5.19. The van der Waals surface area contributed by atoms with Crippen molar-refractivity contribution in [3.05, 3.63) is 90.0 Å². The number of hydrogen-bond acceptors (Lipinski definition) is 3. The average Bonchev–Trinajstić information content (AvgIpc) is 3.14. The van der Waals surface area contributed by atoms with Crippen molar-refractivity contribution in [1.29, 1.82) is 0 Å². The van der Waals surface area contributed by atoms with Crippen molar-refractivity contribution < 1.29 is 9.53 Å². The summed E-state index contributed by atoms with van der Waals surface area (Å²) < 4.78 is 5.79. The predicted molar refractivity (Wildman–Crippen MR) is 129 cm³/mol. The molecule has 5 rings (SSSR count). The van der Waals surface area contributed by atoms with Gasteiger partial charge in [-0.1, -0.05) is 42.5 Å². The van der Waals surface area contributed by atoms with Gasteiger partial charge in [0.25, 0.3) is 5.91 Å². The van der Waals surface area contributed by atoms with Gasteiger partial charge in [0, 0.05) is 42.0 Å². The third-order valence-electron chi connectivity index (χ3n) is 6.76. The van der Waals surface area contributed by atoms with Crippen LogP contribution in [-0.2, 0) is 5.41 Å². The minimum atomic E-state index is 0.0881. The Balaban J connectivity index is 1.35. The minimum absolute atomic E-state index is 0.0881. The van der Waals surface area contributed by atoms with E-state index in [1.165, 1.54) is 16.9 Å². The van der Waals surface area contributed by atoms with E-state index >= 15 is 0 Å². The number of rotatable bonds is 4. The van der Waals surface area contributed by atoms with Crippen LogP contribution >= 0.6 is 0 Å². The molecule has 2 aliphatic heterocycles. The molecule has 0 atom stereocenters. The molecule has 0 radical (unpaired) electrons. The molecule has 0 bridgehead atoms. The third-order valence-corrected chi connectivity index (χ3v) is 6.76. The fourth-order valence-corrected chi connectivity index (χ4v) is 5.19. The second-order valence-corrected chi connectivity index (χ2v) is 9.21. The first kappa shape index (κ1) is 20.6. The maximum absolute atomic E-state index is 13.2. The van der Waals surface area contributed by atoms with Crippen LogP contribution in [0.3, 0.4) is 0 Å². The number of benzene rings is 3. The lowest BCUT2D eigenvalue weighted by atomic mass is 9.74. The Bertz CT molecular complexity index is 1100. The molecule has 2 heterocycles. The van der Waals surface area contributed by atoms with Crippen LogP contribution < -0.4 is 9.64 Å². The highest BCUT2D eigenvalue weighted by atomic mass is 16.5. The number of nitrogens with zero attached hydrogens (tertiary/aromatic N) is 2. The molecule has 2 aliphatic rings. The topological polar surface area (TPSA) is 32.8 Å². The highest BCUT2D eigenvalue weighted by molar-refractivity contribution is 5.94. The minimum Gasteiger partial charge on any atom is -0.491 e. The van der Waals surface area contributed by atoms with Crippen LogP contribution in [0.1, 0.15) is 42.6 Å². The molecular weight excluding hydrogens is 396 g/mol. The Morgan fingerprint density at radius 1 is 0.906 bits per heavy atom. The second kappa shape index (κ2) is 8.34. The van der Waals surface area contributed by atoms with E-state index in [1.807, 2.05) is 43.0 Å². The largest absolute Gasteiger partial charge is 0.491 e. The molecule has 32 heavy (non-hydrogen) atoms. The van der Waals surface area contributed by atoms with Crippen LogP contribution in [0, 0.1) is 0 Å². The number of carbonyl (C=O) groups is 1. The first-order valence-corrected chi connectivity index (χ1v) is 11.5. The Hall–Kier alpha value is -3.27. The molecule has 1 fully saturated rings. The lowest BCUT2D eigenvalue weighted by Crippen LogP contribution is -2.46. The lowest BCUT2D eigenvalue weighted by molar-refractivity contribution is 0.0674. The first-order chi connectivity index (χ1) is 15.6. The van der Waals surface area contributed by atoms with E-state index in [9.17, 15) is 4.79 Å². The van der Waals surface area contributed by atoms with Crippen molar-refractivity contribution in [2.45, 2.75) is 38.2 Å². The van der Waals surface area contributed by atoms with Gasteiger partial charge < -0.3 is 14.5 Å². The Kier molecular flexibility index (Phi) is 5.38. The van der Waals surface area contributed by atoms with Crippen LogP contribution in [0.15, 0.2) is 78.9 Å². The summed E-state index contributed by atoms with van der Waals surface area (Å²) in [6, 6.07) is 27.0. The van der Waals surface area contributed by atoms with Crippen LogP contribution in [0.2, 0.25) is 0 Å². The number of para-hydroxylation sites is 2. The van der Waals surface area contributed by atoms with Crippen molar-refractivity contribution in [2.24, 2.45) is 0 Å². The van der Waals surface area contributed by atoms with Gasteiger partial charge in [-0.05, 0) is 68.7 Å². The Morgan fingerprint density at radius 2 is 1.62 bits per heavy atom. The van der Waals surface area contributed by atoms with Gasteiger partial charge in [0.2, 0.25) is 0 Å². The van der Waals surface area contributed by atoms with E-state index in [2.05, 4.69) is 59.5 Å². The monoisotopic (exact) mass is 426 g/mol. The fraction of sp³-hybridized carbons (Fsp3) is 0.321. The van der Waals surface area contributed by atoms with Gasteiger partial charge in [-0.25, -0.2) is 0 Å². The van der Waals surface area contributed by atoms with Crippen LogP contribution in [0.5, 0.6) is 5.75 Å². The molecule has 0 N–H and O–H groups in total. The summed E-state index contributed by atoms with van der Waals surface area (Å²) in [5, 5.41) is 0. The summed E-state index contributed by atoms with van der Waals surface area (Å²) >= 11 is 0. The summed E-state index contributed by atoms with van der Waals surface area (Å²) in [4.78, 5) is 17.7. The van der Waals surface area contributed by atoms with Crippen LogP contribution in [0.25, 0.3) is 0 Å². The standard InChI is InChI=1S/C28H30N2O2/c1-21(2)32-24-12-8-9-22(19-24)27(31)29-17-15-28(16-18-29)20-30(23-10-4-3-5-11-23)26-14-7-6-13-25(26)28/h3-14,19,21H,15-18,20H2,1-2H3. The highest BCUT2D eigenvalue weighted by Gasteiger charge is 2.45. The molecule has 0 aromatic heterocycles. The van der Waals surface area contributed by atoms with E-state index in [-0.39, 0.29) is 17.4 Å². The number of ether oxygens (including phenoxy) is 1. The van der Waals surface area contributed by atoms with Crippen LogP contribution in [0.4, 0.5) is 11.4 Å². The average molecular weight is 427 g/mol. The van der Waals surface area contributed by atoms with E-state index in [1.54, 1.807) is 0 Å². The maximum Gasteiger partial charge on any atom is 0.253 e. The zero-order valence-corrected chi connectivity index (χ0v) is 18.8. The van der Waals surface area contributed by atoms with Gasteiger partial charge in [-0.3, -0.25) is 4.79 Å². The molecule has 4 heteroatoms. The van der Waals surface area contributed by atoms with E-state index < -0.39 is 0 Å². The van der Waals surface area contributed by atoms with Gasteiger partial charge in [-0.15, -0.1) is 0 Å². The number of fused-ring (bicyclic) bond motifs is 2. The Morgan fingerprint density at radius 3 is 2.38 bits per heavy atom. The van der Waals surface area contributed by atoms with E-state index in [0.29, 0.717) is 5.56 Å². The Labute approximate surface area is 190 Å². The SMILES string of the molecule is CC(C)Oc1cccc(C(=O)N2CCC3(CC2)CN(c2ccccc2)c2ccccc23)c1. The van der Waals surface area contributed by atoms with Gasteiger partial charge in [0.1, 0.15) is 5.75 Å². The molecule has 0 saturated carbocycles. The van der Waals surface area contributed by atoms with Gasteiger partial charge in [0.05, 0.1) is 6.10 Å². The third kappa shape index (κ3) is 3.75. The molecule has 4 nitrogen and oxygen atoms in total. The molecular formula is C28H30N2O2. The molecule has 3 aromatic rings. The lowest BCUT2D eigenvalue weighted by Gasteiger charge is -2.40. The summed E-state index contributed by atoms with van der Waals surface area (Å²) in [7, 11) is 0. The van der Waals surface area contributed by atoms with E-state index in [4.69, 9.17) is 4.74 Å². The number of piperidine rings is 1. The van der Waals surface area contributed by atoms with E-state index in [0.717, 1.165) is 38.2 Å². The molecule has 164 valence electrons. The number of anilines is 2. The number of carbonyl (C=O) groups excluding carboxylic acids is 1. The van der Waals surface area contributed by atoms with Crippen molar-refractivity contribution in [2.75, 3.05) is 24.5 Å². The van der Waals surface area contributed by atoms with Crippen molar-refractivity contribution in [1.82, 2.24) is 4.90 Å². The zero-order chi connectivity index (χ0) is 22.1. The molecule has 3 aromatic carbocycles. The number of likely N-dealkylation sites (tertiary alicyclic amines) is 1. The normalized spacial score (nSPS) is 17.0. The quantitative estimate of drug-likeness (QED) is 0.529. The zero-order valence-electron chi connectivity index (χ0n) is 18.8. The summed E-state index contributed by atoms with van der Waals surface area (Å²) in [5.74, 6) is 0.850. The predicted octanol–water partition coefficient (Wildman–Crippen LogP) is 5.80. The number of hydrogen-bond donors (Lipinski definition) is 0. The second-order valence-electron chi connectivity index (χ2n) is 9.21. The summed E-state index contributed by atoms with van der Waals surface area (Å²) in [6.45, 7) is 6.50. The van der Waals surface area contributed by atoms with Crippen molar-refractivity contribution in [3.8, 4) is 5.75 Å². The molecule has 0 unspecified atom stereocenters. The van der Waals surface area contributed by atoms with Gasteiger partial charge >= 0.3 is 0 Å². The first-order valence-electron chi connectivity index (χ1n) is 11.5.